The number of hydrogen-bond donors (Lipinski definition) is 1. The van der Waals surface area contributed by atoms with Gasteiger partial charge in [0, 0.05) is 6.20 Å². The number of nitrogens with zero attached hydrogens (tertiary/aromatic N) is 3. The van der Waals surface area contributed by atoms with E-state index in [1.54, 1.807) is 6.07 Å². The standard InChI is InChI=1S/C18H17F3N4O2/c1-11-3-5-14(7-12(11)2)27-10-17(26)22-8-16-24-23-15-6-4-13(9-25(15)16)18(19,20)21/h3-7,9H,8,10H2,1-2H3,(H,22,26). The van der Waals surface area contributed by atoms with Gasteiger partial charge in [0.15, 0.2) is 18.1 Å². The molecule has 0 aliphatic heterocycles. The van der Waals surface area contributed by atoms with Crippen molar-refractivity contribution in [2.24, 2.45) is 0 Å². The van der Waals surface area contributed by atoms with Crippen molar-refractivity contribution in [3.8, 4) is 5.75 Å². The molecular weight excluding hydrogens is 361 g/mol. The highest BCUT2D eigenvalue weighted by atomic mass is 19.4. The van der Waals surface area contributed by atoms with Crippen molar-refractivity contribution in [2.75, 3.05) is 6.61 Å². The predicted molar refractivity (Wildman–Crippen MR) is 91.2 cm³/mol. The van der Waals surface area contributed by atoms with Gasteiger partial charge in [-0.3, -0.25) is 9.20 Å². The van der Waals surface area contributed by atoms with Crippen molar-refractivity contribution < 1.29 is 22.7 Å². The lowest BCUT2D eigenvalue weighted by molar-refractivity contribution is -0.137. The monoisotopic (exact) mass is 378 g/mol. The van der Waals surface area contributed by atoms with E-state index in [1.165, 1.54) is 10.5 Å². The zero-order chi connectivity index (χ0) is 19.6. The molecule has 9 heteroatoms. The van der Waals surface area contributed by atoms with E-state index < -0.39 is 17.6 Å². The molecule has 0 saturated heterocycles. The minimum absolute atomic E-state index is 0.0718. The van der Waals surface area contributed by atoms with Crippen LogP contribution in [0.1, 0.15) is 22.5 Å². The number of amides is 1. The summed E-state index contributed by atoms with van der Waals surface area (Å²) in [6.07, 6.45) is -3.57. The molecule has 0 aliphatic carbocycles. The molecule has 1 amide bonds. The highest BCUT2D eigenvalue weighted by Gasteiger charge is 2.31. The molecule has 0 unspecified atom stereocenters. The Morgan fingerprint density at radius 1 is 1.15 bits per heavy atom. The van der Waals surface area contributed by atoms with Crippen LogP contribution < -0.4 is 10.1 Å². The molecular formula is C18H17F3N4O2. The van der Waals surface area contributed by atoms with Gasteiger partial charge in [0.05, 0.1) is 12.1 Å². The van der Waals surface area contributed by atoms with Crippen LogP contribution in [0.15, 0.2) is 36.5 Å². The number of ether oxygens (including phenoxy) is 1. The molecule has 0 aliphatic rings. The molecule has 0 fully saturated rings. The Morgan fingerprint density at radius 3 is 2.63 bits per heavy atom. The Labute approximate surface area is 153 Å². The lowest BCUT2D eigenvalue weighted by Crippen LogP contribution is -2.29. The molecule has 3 aromatic rings. The first-order valence-electron chi connectivity index (χ1n) is 8.11. The quantitative estimate of drug-likeness (QED) is 0.741. The van der Waals surface area contributed by atoms with Gasteiger partial charge >= 0.3 is 6.18 Å². The van der Waals surface area contributed by atoms with Gasteiger partial charge in [-0.15, -0.1) is 10.2 Å². The maximum Gasteiger partial charge on any atom is 0.417 e. The second kappa shape index (κ2) is 7.26. The second-order valence-electron chi connectivity index (χ2n) is 6.07. The number of pyridine rings is 1. The molecule has 6 nitrogen and oxygen atoms in total. The van der Waals surface area contributed by atoms with Crippen LogP contribution in [-0.4, -0.2) is 27.1 Å². The lowest BCUT2D eigenvalue weighted by atomic mass is 10.1. The molecule has 1 aromatic carbocycles. The van der Waals surface area contributed by atoms with Crippen molar-refractivity contribution in [3.05, 3.63) is 59.0 Å². The van der Waals surface area contributed by atoms with Crippen molar-refractivity contribution in [3.63, 3.8) is 0 Å². The van der Waals surface area contributed by atoms with Crippen molar-refractivity contribution >= 4 is 11.6 Å². The minimum Gasteiger partial charge on any atom is -0.484 e. The summed E-state index contributed by atoms with van der Waals surface area (Å²) in [6, 6.07) is 7.64. The molecule has 0 atom stereocenters. The highest BCUT2D eigenvalue weighted by Crippen LogP contribution is 2.29. The number of carbonyl (C=O) groups excluding carboxylic acids is 1. The topological polar surface area (TPSA) is 68.5 Å². The average molecular weight is 378 g/mol. The van der Waals surface area contributed by atoms with Gasteiger partial charge in [-0.25, -0.2) is 0 Å². The number of nitrogens with one attached hydrogen (secondary N) is 1. The van der Waals surface area contributed by atoms with Crippen molar-refractivity contribution in [1.82, 2.24) is 19.9 Å². The summed E-state index contributed by atoms with van der Waals surface area (Å²) in [5.74, 6) is 0.337. The summed E-state index contributed by atoms with van der Waals surface area (Å²) in [5, 5.41) is 10.2. The number of aryl methyl sites for hydroxylation is 2. The molecule has 3 rings (SSSR count). The van der Waals surface area contributed by atoms with Gasteiger partial charge in [0.25, 0.3) is 5.91 Å². The summed E-state index contributed by atoms with van der Waals surface area (Å²) in [7, 11) is 0. The minimum atomic E-state index is -4.47. The molecule has 2 aromatic heterocycles. The first kappa shape index (κ1) is 18.7. The number of benzene rings is 1. The van der Waals surface area contributed by atoms with Crippen LogP contribution in [0.5, 0.6) is 5.75 Å². The van der Waals surface area contributed by atoms with Crippen LogP contribution in [0.3, 0.4) is 0 Å². The largest absolute Gasteiger partial charge is 0.484 e. The van der Waals surface area contributed by atoms with Crippen LogP contribution in [0.25, 0.3) is 5.65 Å². The van der Waals surface area contributed by atoms with Crippen molar-refractivity contribution in [2.45, 2.75) is 26.6 Å². The third-order valence-corrected chi connectivity index (χ3v) is 4.09. The van der Waals surface area contributed by atoms with Crippen LogP contribution in [0, 0.1) is 13.8 Å². The summed E-state index contributed by atoms with van der Waals surface area (Å²) in [4.78, 5) is 12.0. The predicted octanol–water partition coefficient (Wildman–Crippen LogP) is 3.06. The third kappa shape index (κ3) is 4.36. The SMILES string of the molecule is Cc1ccc(OCC(=O)NCc2nnc3ccc(C(F)(F)F)cn23)cc1C. The zero-order valence-electron chi connectivity index (χ0n) is 14.7. The van der Waals surface area contributed by atoms with Gasteiger partial charge in [0.1, 0.15) is 5.75 Å². The van der Waals surface area contributed by atoms with E-state index in [0.29, 0.717) is 5.75 Å². The number of aromatic nitrogens is 3. The fourth-order valence-corrected chi connectivity index (χ4v) is 2.41. The van der Waals surface area contributed by atoms with Crippen LogP contribution in [-0.2, 0) is 17.5 Å². The van der Waals surface area contributed by atoms with E-state index in [-0.39, 0.29) is 24.6 Å². The fraction of sp³-hybridized carbons (Fsp3) is 0.278. The highest BCUT2D eigenvalue weighted by molar-refractivity contribution is 5.77. The van der Waals surface area contributed by atoms with Gasteiger partial charge in [0.2, 0.25) is 0 Å². The van der Waals surface area contributed by atoms with Gasteiger partial charge in [-0.1, -0.05) is 6.07 Å². The first-order chi connectivity index (χ1) is 12.7. The molecule has 27 heavy (non-hydrogen) atoms. The fourth-order valence-electron chi connectivity index (χ4n) is 2.41. The summed E-state index contributed by atoms with van der Waals surface area (Å²) < 4.78 is 45.1. The van der Waals surface area contributed by atoms with Crippen LogP contribution in [0.4, 0.5) is 13.2 Å². The maximum absolute atomic E-state index is 12.8. The first-order valence-corrected chi connectivity index (χ1v) is 8.11. The molecule has 0 saturated carbocycles. The Balaban J connectivity index is 1.62. The van der Waals surface area contributed by atoms with Crippen molar-refractivity contribution in [1.29, 1.82) is 0 Å². The van der Waals surface area contributed by atoms with Gasteiger partial charge in [-0.2, -0.15) is 13.2 Å². The van der Waals surface area contributed by atoms with E-state index >= 15 is 0 Å². The molecule has 1 N–H and O–H groups in total. The Bertz CT molecular complexity index is 982. The number of rotatable bonds is 5. The Morgan fingerprint density at radius 2 is 1.93 bits per heavy atom. The normalized spacial score (nSPS) is 11.6. The van der Waals surface area contributed by atoms with E-state index in [4.69, 9.17) is 4.74 Å². The summed E-state index contributed by atoms with van der Waals surface area (Å²) in [6.45, 7) is 3.62. The van der Waals surface area contributed by atoms with Gasteiger partial charge in [-0.05, 0) is 49.2 Å². The van der Waals surface area contributed by atoms with E-state index in [1.807, 2.05) is 26.0 Å². The third-order valence-electron chi connectivity index (χ3n) is 4.09. The van der Waals surface area contributed by atoms with Crippen LogP contribution >= 0.6 is 0 Å². The maximum atomic E-state index is 12.8. The smallest absolute Gasteiger partial charge is 0.417 e. The van der Waals surface area contributed by atoms with Crippen LogP contribution in [0.2, 0.25) is 0 Å². The number of carbonyl (C=O) groups is 1. The zero-order valence-corrected chi connectivity index (χ0v) is 14.7. The number of hydrogen-bond acceptors (Lipinski definition) is 4. The number of halogens is 3. The molecule has 0 bridgehead atoms. The summed E-state index contributed by atoms with van der Waals surface area (Å²) >= 11 is 0. The average Bonchev–Trinajstić information content (AvgIpc) is 3.02. The van der Waals surface area contributed by atoms with E-state index in [2.05, 4.69) is 15.5 Å². The van der Waals surface area contributed by atoms with E-state index in [9.17, 15) is 18.0 Å². The lowest BCUT2D eigenvalue weighted by Gasteiger charge is -2.09. The molecule has 0 radical (unpaired) electrons. The molecule has 0 spiro atoms. The Hall–Kier alpha value is -3.10. The summed E-state index contributed by atoms with van der Waals surface area (Å²) in [5.41, 5.74) is 1.60. The molecule has 2 heterocycles. The second-order valence-corrected chi connectivity index (χ2v) is 6.07. The van der Waals surface area contributed by atoms with E-state index in [0.717, 1.165) is 23.4 Å². The Kier molecular flexibility index (Phi) is 5.02. The van der Waals surface area contributed by atoms with Gasteiger partial charge < -0.3 is 10.1 Å². The number of alkyl halides is 3. The number of fused-ring (bicyclic) bond motifs is 1. The molecule has 142 valence electrons.